The van der Waals surface area contributed by atoms with Gasteiger partial charge in [0.05, 0.1) is 13.2 Å². The fraction of sp³-hybridized carbons (Fsp3) is 0.286. The highest BCUT2D eigenvalue weighted by Crippen LogP contribution is 2.26. The Labute approximate surface area is 190 Å². The molecule has 0 atom stereocenters. The van der Waals surface area contributed by atoms with Gasteiger partial charge in [-0.15, -0.1) is 0 Å². The van der Waals surface area contributed by atoms with Crippen molar-refractivity contribution in [3.05, 3.63) is 83.9 Å². The van der Waals surface area contributed by atoms with E-state index in [1.165, 1.54) is 32.7 Å². The number of hydrogen-bond donors (Lipinski definition) is 2. The fourth-order valence-corrected chi connectivity index (χ4v) is 4.14. The summed E-state index contributed by atoms with van der Waals surface area (Å²) in [5.74, 6) is 1.81. The average molecular weight is 429 g/mol. The number of unbranched alkanes of at least 4 members (excludes halogenated alkanes) is 1. The molecule has 0 bridgehead atoms. The quantitative estimate of drug-likeness (QED) is 0.321. The summed E-state index contributed by atoms with van der Waals surface area (Å²) in [5.41, 5.74) is 14.1. The minimum atomic E-state index is 0.649. The Morgan fingerprint density at radius 1 is 0.562 bits per heavy atom. The molecule has 32 heavy (non-hydrogen) atoms. The van der Waals surface area contributed by atoms with Crippen molar-refractivity contribution >= 4 is 21.5 Å². The number of hydrogen-bond acceptors (Lipinski definition) is 4. The molecule has 0 aliphatic carbocycles. The molecule has 0 saturated heterocycles. The average Bonchev–Trinajstić information content (AvgIpc) is 2.82. The Bertz CT molecular complexity index is 1080. The van der Waals surface area contributed by atoms with Gasteiger partial charge in [-0.2, -0.15) is 0 Å². The van der Waals surface area contributed by atoms with Crippen LogP contribution >= 0.6 is 0 Å². The van der Waals surface area contributed by atoms with E-state index in [0.717, 1.165) is 37.2 Å². The normalized spacial score (nSPS) is 11.2. The van der Waals surface area contributed by atoms with Gasteiger partial charge in [-0.3, -0.25) is 0 Å². The Hall–Kier alpha value is -3.08. The predicted octanol–water partition coefficient (Wildman–Crippen LogP) is 5.23. The summed E-state index contributed by atoms with van der Waals surface area (Å²) in [7, 11) is 0. The van der Waals surface area contributed by atoms with E-state index >= 15 is 0 Å². The molecule has 4 aromatic rings. The summed E-state index contributed by atoms with van der Waals surface area (Å²) >= 11 is 0. The van der Waals surface area contributed by atoms with Crippen LogP contribution in [0.25, 0.3) is 21.5 Å². The van der Waals surface area contributed by atoms with Crippen LogP contribution in [0.15, 0.2) is 72.8 Å². The van der Waals surface area contributed by atoms with Crippen molar-refractivity contribution in [2.45, 2.75) is 25.7 Å². The third-order valence-electron chi connectivity index (χ3n) is 5.79. The van der Waals surface area contributed by atoms with Gasteiger partial charge in [0.15, 0.2) is 0 Å². The molecule has 166 valence electrons. The Balaban J connectivity index is 1.27. The summed E-state index contributed by atoms with van der Waals surface area (Å²) < 4.78 is 12.0. The van der Waals surface area contributed by atoms with Crippen molar-refractivity contribution in [3.8, 4) is 11.5 Å². The van der Waals surface area contributed by atoms with Crippen molar-refractivity contribution in [2.24, 2.45) is 11.5 Å². The molecule has 4 nitrogen and oxygen atoms in total. The number of benzene rings is 4. The molecular weight excluding hydrogens is 396 g/mol. The maximum absolute atomic E-state index is 6.00. The standard InChI is InChI=1S/C28H32N2O2/c29-15-13-23-7-3-5-21-9-11-25(19-27(21)23)31-17-1-2-18-32-26-12-10-22-6-4-8-24(14-16-30)28(22)20-26/h3-12,19-20H,1-2,13-18,29-30H2. The van der Waals surface area contributed by atoms with Crippen LogP contribution in [0.5, 0.6) is 11.5 Å². The molecule has 0 spiro atoms. The molecule has 0 amide bonds. The van der Waals surface area contributed by atoms with Crippen LogP contribution in [0.4, 0.5) is 0 Å². The van der Waals surface area contributed by atoms with E-state index in [0.29, 0.717) is 26.3 Å². The number of ether oxygens (including phenoxy) is 2. The topological polar surface area (TPSA) is 70.5 Å². The molecule has 0 aromatic heterocycles. The van der Waals surface area contributed by atoms with Crippen LogP contribution in [0, 0.1) is 0 Å². The van der Waals surface area contributed by atoms with Gasteiger partial charge >= 0.3 is 0 Å². The molecule has 0 aliphatic rings. The third kappa shape index (κ3) is 5.39. The second-order valence-corrected chi connectivity index (χ2v) is 8.08. The van der Waals surface area contributed by atoms with Crippen LogP contribution in [-0.4, -0.2) is 26.3 Å². The molecule has 4 heteroatoms. The number of rotatable bonds is 11. The third-order valence-corrected chi connectivity index (χ3v) is 5.79. The zero-order valence-electron chi connectivity index (χ0n) is 18.6. The van der Waals surface area contributed by atoms with E-state index in [2.05, 4.69) is 60.7 Å². The van der Waals surface area contributed by atoms with Crippen molar-refractivity contribution in [2.75, 3.05) is 26.3 Å². The van der Waals surface area contributed by atoms with Gasteiger partial charge in [0.25, 0.3) is 0 Å². The number of nitrogens with two attached hydrogens (primary N) is 2. The van der Waals surface area contributed by atoms with Crippen LogP contribution in [0.1, 0.15) is 24.0 Å². The van der Waals surface area contributed by atoms with Gasteiger partial charge in [-0.05, 0) is 95.7 Å². The lowest BCUT2D eigenvalue weighted by molar-refractivity contribution is 0.267. The smallest absolute Gasteiger partial charge is 0.119 e. The Morgan fingerprint density at radius 3 is 1.47 bits per heavy atom. The SMILES string of the molecule is NCCc1cccc2ccc(OCCCCOc3ccc4cccc(CCN)c4c3)cc12. The Kier molecular flexibility index (Phi) is 7.59. The lowest BCUT2D eigenvalue weighted by Crippen LogP contribution is -2.04. The molecule has 0 aliphatic heterocycles. The minimum absolute atomic E-state index is 0.649. The summed E-state index contributed by atoms with van der Waals surface area (Å²) in [6.45, 7) is 2.64. The number of fused-ring (bicyclic) bond motifs is 2. The first-order valence-electron chi connectivity index (χ1n) is 11.5. The van der Waals surface area contributed by atoms with E-state index in [4.69, 9.17) is 20.9 Å². The van der Waals surface area contributed by atoms with Crippen molar-refractivity contribution in [1.29, 1.82) is 0 Å². The highest BCUT2D eigenvalue weighted by molar-refractivity contribution is 5.87. The maximum atomic E-state index is 6.00. The van der Waals surface area contributed by atoms with Gasteiger partial charge in [0.2, 0.25) is 0 Å². The highest BCUT2D eigenvalue weighted by Gasteiger charge is 2.04. The van der Waals surface area contributed by atoms with Crippen molar-refractivity contribution in [1.82, 2.24) is 0 Å². The first-order chi connectivity index (χ1) is 15.8. The van der Waals surface area contributed by atoms with Crippen LogP contribution in [0.2, 0.25) is 0 Å². The van der Waals surface area contributed by atoms with E-state index in [9.17, 15) is 0 Å². The molecule has 4 N–H and O–H groups in total. The van der Waals surface area contributed by atoms with Gasteiger partial charge in [-0.1, -0.05) is 48.5 Å². The van der Waals surface area contributed by atoms with Crippen LogP contribution < -0.4 is 20.9 Å². The molecule has 0 unspecified atom stereocenters. The van der Waals surface area contributed by atoms with E-state index < -0.39 is 0 Å². The van der Waals surface area contributed by atoms with Gasteiger partial charge in [0.1, 0.15) is 11.5 Å². The fourth-order valence-electron chi connectivity index (χ4n) is 4.14. The molecule has 0 radical (unpaired) electrons. The van der Waals surface area contributed by atoms with E-state index in [-0.39, 0.29) is 0 Å². The summed E-state index contributed by atoms with van der Waals surface area (Å²) in [6.07, 6.45) is 3.63. The summed E-state index contributed by atoms with van der Waals surface area (Å²) in [4.78, 5) is 0. The predicted molar refractivity (Wildman–Crippen MR) is 134 cm³/mol. The lowest BCUT2D eigenvalue weighted by Gasteiger charge is -2.11. The second-order valence-electron chi connectivity index (χ2n) is 8.08. The summed E-state index contributed by atoms with van der Waals surface area (Å²) in [6, 6.07) is 25.3. The van der Waals surface area contributed by atoms with Gasteiger partial charge < -0.3 is 20.9 Å². The molecule has 0 fully saturated rings. The molecule has 0 heterocycles. The largest absolute Gasteiger partial charge is 0.494 e. The highest BCUT2D eigenvalue weighted by atomic mass is 16.5. The van der Waals surface area contributed by atoms with Gasteiger partial charge in [-0.25, -0.2) is 0 Å². The van der Waals surface area contributed by atoms with Crippen molar-refractivity contribution < 1.29 is 9.47 Å². The van der Waals surface area contributed by atoms with Gasteiger partial charge in [0, 0.05) is 0 Å². The van der Waals surface area contributed by atoms with Crippen molar-refractivity contribution in [3.63, 3.8) is 0 Å². The molecular formula is C28H32N2O2. The van der Waals surface area contributed by atoms with E-state index in [1.54, 1.807) is 0 Å². The Morgan fingerprint density at radius 2 is 1.03 bits per heavy atom. The maximum Gasteiger partial charge on any atom is 0.119 e. The monoisotopic (exact) mass is 428 g/mol. The van der Waals surface area contributed by atoms with Crippen LogP contribution in [0.3, 0.4) is 0 Å². The second kappa shape index (κ2) is 11.0. The van der Waals surface area contributed by atoms with Crippen LogP contribution in [-0.2, 0) is 12.8 Å². The molecule has 0 saturated carbocycles. The zero-order valence-corrected chi connectivity index (χ0v) is 18.6. The molecule has 4 rings (SSSR count). The lowest BCUT2D eigenvalue weighted by atomic mass is 10.0. The van der Waals surface area contributed by atoms with E-state index in [1.807, 2.05) is 12.1 Å². The first-order valence-corrected chi connectivity index (χ1v) is 11.5. The zero-order chi connectivity index (χ0) is 22.2. The molecule has 4 aromatic carbocycles. The first kappa shape index (κ1) is 22.1. The summed E-state index contributed by atoms with van der Waals surface area (Å²) in [5, 5.41) is 4.90. The minimum Gasteiger partial charge on any atom is -0.494 e.